The molecule has 1 aromatic heterocycles. The molecular formula is C29H29N3O6. The smallest absolute Gasteiger partial charge is 0.269 e. The Morgan fingerprint density at radius 2 is 1.71 bits per heavy atom. The van der Waals surface area contributed by atoms with Crippen LogP contribution in [0.5, 0.6) is 17.2 Å². The zero-order valence-corrected chi connectivity index (χ0v) is 21.6. The van der Waals surface area contributed by atoms with Crippen LogP contribution in [-0.2, 0) is 19.4 Å². The molecule has 0 bridgehead atoms. The van der Waals surface area contributed by atoms with Crippen molar-refractivity contribution in [2.45, 2.75) is 19.4 Å². The third kappa shape index (κ3) is 4.68. The zero-order chi connectivity index (χ0) is 26.8. The number of nitro benzene ring substituents is 1. The van der Waals surface area contributed by atoms with Gasteiger partial charge in [0.15, 0.2) is 11.5 Å². The van der Waals surface area contributed by atoms with Gasteiger partial charge in [0, 0.05) is 48.4 Å². The van der Waals surface area contributed by atoms with Crippen molar-refractivity contribution in [3.8, 4) is 17.2 Å². The fourth-order valence-electron chi connectivity index (χ4n) is 5.12. The van der Waals surface area contributed by atoms with Gasteiger partial charge in [-0.25, -0.2) is 0 Å². The van der Waals surface area contributed by atoms with Gasteiger partial charge >= 0.3 is 0 Å². The summed E-state index contributed by atoms with van der Waals surface area (Å²) in [5, 5.41) is 12.1. The number of aromatic nitrogens is 1. The van der Waals surface area contributed by atoms with E-state index in [1.165, 1.54) is 24.3 Å². The summed E-state index contributed by atoms with van der Waals surface area (Å²) in [5.41, 5.74) is 4.37. The first-order valence-corrected chi connectivity index (χ1v) is 12.4. The number of carbonyl (C=O) groups excluding carboxylic acids is 1. The highest BCUT2D eigenvalue weighted by Gasteiger charge is 2.28. The van der Waals surface area contributed by atoms with Crippen molar-refractivity contribution >= 4 is 22.5 Å². The van der Waals surface area contributed by atoms with Crippen LogP contribution in [0.2, 0.25) is 0 Å². The topological polar surface area (TPSA) is 96.1 Å². The van der Waals surface area contributed by atoms with Crippen LogP contribution in [0.1, 0.15) is 27.2 Å². The van der Waals surface area contributed by atoms with Crippen molar-refractivity contribution in [1.82, 2.24) is 9.47 Å². The molecule has 1 aliphatic rings. The third-order valence-electron chi connectivity index (χ3n) is 7.13. The fourth-order valence-corrected chi connectivity index (χ4v) is 5.12. The van der Waals surface area contributed by atoms with E-state index in [1.807, 2.05) is 36.4 Å². The molecule has 9 heteroatoms. The molecule has 0 aliphatic carbocycles. The molecule has 3 aromatic carbocycles. The molecule has 38 heavy (non-hydrogen) atoms. The van der Waals surface area contributed by atoms with Crippen LogP contribution in [0.15, 0.2) is 60.7 Å². The largest absolute Gasteiger partial charge is 0.497 e. The number of carbonyl (C=O) groups is 1. The van der Waals surface area contributed by atoms with Crippen LogP contribution in [0.25, 0.3) is 10.9 Å². The lowest BCUT2D eigenvalue weighted by Crippen LogP contribution is -2.34. The number of non-ortho nitro benzene ring substituents is 1. The van der Waals surface area contributed by atoms with Gasteiger partial charge in [0.25, 0.3) is 11.6 Å². The van der Waals surface area contributed by atoms with Gasteiger partial charge in [0.1, 0.15) is 5.75 Å². The summed E-state index contributed by atoms with van der Waals surface area (Å²) in [7, 11) is 4.88. The van der Waals surface area contributed by atoms with E-state index in [4.69, 9.17) is 14.2 Å². The normalized spacial score (nSPS) is 13.2. The Morgan fingerprint density at radius 3 is 2.39 bits per heavy atom. The quantitative estimate of drug-likeness (QED) is 0.244. The van der Waals surface area contributed by atoms with Gasteiger partial charge in [-0.2, -0.15) is 0 Å². The lowest BCUT2D eigenvalue weighted by atomic mass is 10.0. The number of methoxy groups -OCH3 is 3. The number of rotatable bonds is 8. The Bertz CT molecular complexity index is 1510. The van der Waals surface area contributed by atoms with Crippen LogP contribution in [0.3, 0.4) is 0 Å². The summed E-state index contributed by atoms with van der Waals surface area (Å²) >= 11 is 0. The van der Waals surface area contributed by atoms with Gasteiger partial charge in [0.2, 0.25) is 0 Å². The Labute approximate surface area is 220 Å². The Morgan fingerprint density at radius 1 is 0.947 bits per heavy atom. The predicted molar refractivity (Wildman–Crippen MR) is 144 cm³/mol. The van der Waals surface area contributed by atoms with E-state index < -0.39 is 4.92 Å². The van der Waals surface area contributed by atoms with Crippen LogP contribution in [-0.4, -0.2) is 54.7 Å². The predicted octanol–water partition coefficient (Wildman–Crippen LogP) is 4.86. The van der Waals surface area contributed by atoms with E-state index in [-0.39, 0.29) is 11.6 Å². The molecule has 0 saturated carbocycles. The molecule has 2 heterocycles. The maximum absolute atomic E-state index is 13.8. The lowest BCUT2D eigenvalue weighted by Gasteiger charge is -2.28. The van der Waals surface area contributed by atoms with E-state index in [0.717, 1.165) is 59.4 Å². The Hall–Kier alpha value is -4.37. The number of fused-ring (bicyclic) bond motifs is 3. The monoisotopic (exact) mass is 515 g/mol. The molecule has 0 saturated heterocycles. The minimum absolute atomic E-state index is 0.0491. The van der Waals surface area contributed by atoms with Crippen LogP contribution < -0.4 is 14.2 Å². The average molecular weight is 516 g/mol. The summed E-state index contributed by atoms with van der Waals surface area (Å²) in [6, 6.07) is 17.4. The molecule has 0 amide bonds. The van der Waals surface area contributed by atoms with Crippen LogP contribution in [0.4, 0.5) is 5.69 Å². The zero-order valence-electron chi connectivity index (χ0n) is 21.6. The molecule has 0 spiro atoms. The molecule has 4 aromatic rings. The number of ether oxygens (including phenoxy) is 3. The van der Waals surface area contributed by atoms with Gasteiger partial charge in [0.05, 0.1) is 31.8 Å². The molecule has 0 radical (unpaired) electrons. The fraction of sp³-hybridized carbons (Fsp3) is 0.276. The number of benzene rings is 3. The molecule has 9 nitrogen and oxygen atoms in total. The molecule has 196 valence electrons. The van der Waals surface area contributed by atoms with Crippen molar-refractivity contribution in [3.63, 3.8) is 0 Å². The highest BCUT2D eigenvalue weighted by molar-refractivity contribution is 6.04. The third-order valence-corrected chi connectivity index (χ3v) is 7.13. The van der Waals surface area contributed by atoms with Gasteiger partial charge in [-0.3, -0.25) is 24.4 Å². The first-order valence-electron chi connectivity index (χ1n) is 12.4. The summed E-state index contributed by atoms with van der Waals surface area (Å²) in [5.74, 6) is 1.92. The maximum Gasteiger partial charge on any atom is 0.269 e. The molecule has 0 fully saturated rings. The number of nitrogens with zero attached hydrogens (tertiary/aromatic N) is 3. The molecule has 0 N–H and O–H groups in total. The number of nitro groups is 1. The van der Waals surface area contributed by atoms with Crippen LogP contribution in [0, 0.1) is 10.1 Å². The van der Waals surface area contributed by atoms with Gasteiger partial charge < -0.3 is 14.2 Å². The van der Waals surface area contributed by atoms with Gasteiger partial charge in [-0.1, -0.05) is 6.07 Å². The summed E-state index contributed by atoms with van der Waals surface area (Å²) in [4.78, 5) is 26.7. The summed E-state index contributed by atoms with van der Waals surface area (Å²) in [6.07, 6.45) is 1.62. The van der Waals surface area contributed by atoms with E-state index in [1.54, 1.807) is 25.9 Å². The van der Waals surface area contributed by atoms with Gasteiger partial charge in [-0.05, 0) is 66.4 Å². The second-order valence-corrected chi connectivity index (χ2v) is 9.22. The Balaban J connectivity index is 1.46. The van der Waals surface area contributed by atoms with Crippen LogP contribution >= 0.6 is 0 Å². The first kappa shape index (κ1) is 25.3. The molecule has 1 aliphatic heterocycles. The maximum atomic E-state index is 13.8. The van der Waals surface area contributed by atoms with Crippen molar-refractivity contribution in [3.05, 3.63) is 93.2 Å². The first-order chi connectivity index (χ1) is 18.4. The lowest BCUT2D eigenvalue weighted by molar-refractivity contribution is -0.384. The van der Waals surface area contributed by atoms with E-state index >= 15 is 0 Å². The SMILES string of the molecule is COc1ccc2c(c1)c1c(n2C(=O)c2ccc([N+](=O)[O-])cc2)CN(CCc2ccc(OC)c(OC)c2)CC1. The van der Waals surface area contributed by atoms with Gasteiger partial charge in [-0.15, -0.1) is 0 Å². The standard InChI is InChI=1S/C29H29N3O6/c1-36-22-9-10-25-24(17-22)23-13-15-30(14-12-19-4-11-27(37-2)28(16-19)38-3)18-26(23)31(25)29(33)20-5-7-21(8-6-20)32(34)35/h4-11,16-17H,12-15,18H2,1-3H3. The highest BCUT2D eigenvalue weighted by atomic mass is 16.6. The van der Waals surface area contributed by atoms with E-state index in [9.17, 15) is 14.9 Å². The molecule has 0 atom stereocenters. The van der Waals surface area contributed by atoms with Crippen molar-refractivity contribution < 1.29 is 23.9 Å². The minimum Gasteiger partial charge on any atom is -0.497 e. The van der Waals surface area contributed by atoms with Crippen molar-refractivity contribution in [2.75, 3.05) is 34.4 Å². The number of hydrogen-bond donors (Lipinski definition) is 0. The Kier molecular flexibility index (Phi) is 7.02. The highest BCUT2D eigenvalue weighted by Crippen LogP contribution is 2.34. The molecular weight excluding hydrogens is 486 g/mol. The van der Waals surface area contributed by atoms with E-state index in [0.29, 0.717) is 23.6 Å². The average Bonchev–Trinajstić information content (AvgIpc) is 3.28. The van der Waals surface area contributed by atoms with Crippen molar-refractivity contribution in [1.29, 1.82) is 0 Å². The number of hydrogen-bond acceptors (Lipinski definition) is 7. The summed E-state index contributed by atoms with van der Waals surface area (Å²) in [6.45, 7) is 2.28. The second kappa shape index (κ2) is 10.5. The molecule has 5 rings (SSSR count). The van der Waals surface area contributed by atoms with E-state index in [2.05, 4.69) is 4.90 Å². The molecule has 0 unspecified atom stereocenters. The summed E-state index contributed by atoms with van der Waals surface area (Å²) < 4.78 is 18.0. The second-order valence-electron chi connectivity index (χ2n) is 9.22. The minimum atomic E-state index is -0.469. The van der Waals surface area contributed by atoms with Crippen molar-refractivity contribution in [2.24, 2.45) is 0 Å².